The predicted octanol–water partition coefficient (Wildman–Crippen LogP) is 1.48. The third kappa shape index (κ3) is 5.25. The van der Waals surface area contributed by atoms with E-state index in [1.807, 2.05) is 12.1 Å². The van der Waals surface area contributed by atoms with Crippen LogP contribution in [-0.2, 0) is 14.3 Å². The van der Waals surface area contributed by atoms with Gasteiger partial charge in [-0.1, -0.05) is 0 Å². The maximum Gasteiger partial charge on any atom is 0.410 e. The van der Waals surface area contributed by atoms with Gasteiger partial charge in [0.2, 0.25) is 0 Å². The number of carbonyl (C=O) groups is 3. The number of anilines is 1. The molecule has 2 amide bonds. The summed E-state index contributed by atoms with van der Waals surface area (Å²) >= 11 is 0. The Hall–Kier alpha value is -2.88. The van der Waals surface area contributed by atoms with E-state index >= 15 is 0 Å². The van der Waals surface area contributed by atoms with Gasteiger partial charge in [0.1, 0.15) is 12.1 Å². The van der Waals surface area contributed by atoms with Crippen LogP contribution in [0.5, 0.6) is 0 Å². The highest BCUT2D eigenvalue weighted by Gasteiger charge is 2.50. The molecule has 3 heterocycles. The predicted molar refractivity (Wildman–Crippen MR) is 113 cm³/mol. The Bertz CT molecular complexity index is 819. The number of amides is 2. The molecule has 0 saturated carbocycles. The number of aromatic nitrogens is 1. The summed E-state index contributed by atoms with van der Waals surface area (Å²) < 4.78 is 5.33. The van der Waals surface area contributed by atoms with Gasteiger partial charge in [-0.25, -0.2) is 15.0 Å². The van der Waals surface area contributed by atoms with Crippen LogP contribution in [0.3, 0.4) is 0 Å². The Morgan fingerprint density at radius 1 is 1.23 bits per heavy atom. The molecular formula is C21H31N5O5. The van der Waals surface area contributed by atoms with Crippen LogP contribution in [-0.4, -0.2) is 81.3 Å². The van der Waals surface area contributed by atoms with Crippen molar-refractivity contribution < 1.29 is 24.2 Å². The standard InChI is InChI=1S/C21H31N5O5/c1-20(2,3)31-19(30)25-13-17(27)26(21(4,14-25)18(28)29)23-15-7-11-24(12-8-15)16-5-9-22-10-6-16/h5-6,9-10,15,23H,7-8,11-14H2,1-4H3,(H,28,29). The lowest BCUT2D eigenvalue weighted by molar-refractivity contribution is -0.171. The van der Waals surface area contributed by atoms with E-state index < -0.39 is 29.1 Å². The van der Waals surface area contributed by atoms with Gasteiger partial charge in [0.15, 0.2) is 5.54 Å². The van der Waals surface area contributed by atoms with Crippen LogP contribution in [0, 0.1) is 0 Å². The largest absolute Gasteiger partial charge is 0.479 e. The Morgan fingerprint density at radius 2 is 1.84 bits per heavy atom. The molecular weight excluding hydrogens is 402 g/mol. The topological polar surface area (TPSA) is 115 Å². The number of carbonyl (C=O) groups excluding carboxylic acids is 2. The minimum atomic E-state index is -1.60. The van der Waals surface area contributed by atoms with Gasteiger partial charge in [-0.3, -0.25) is 19.7 Å². The van der Waals surface area contributed by atoms with Crippen LogP contribution < -0.4 is 10.3 Å². The molecule has 2 fully saturated rings. The molecule has 170 valence electrons. The van der Waals surface area contributed by atoms with Crippen molar-refractivity contribution in [1.82, 2.24) is 20.3 Å². The maximum absolute atomic E-state index is 12.9. The third-order valence-corrected chi connectivity index (χ3v) is 5.51. The van der Waals surface area contributed by atoms with Crippen molar-refractivity contribution in [2.24, 2.45) is 0 Å². The van der Waals surface area contributed by atoms with Gasteiger partial charge in [0.25, 0.3) is 5.91 Å². The molecule has 1 unspecified atom stereocenters. The van der Waals surface area contributed by atoms with E-state index in [9.17, 15) is 19.5 Å². The van der Waals surface area contributed by atoms with Crippen LogP contribution in [0.15, 0.2) is 24.5 Å². The first kappa shape index (κ1) is 22.8. The number of piperidine rings is 1. The van der Waals surface area contributed by atoms with E-state index in [0.717, 1.165) is 36.5 Å². The van der Waals surface area contributed by atoms with Crippen molar-refractivity contribution in [3.8, 4) is 0 Å². The number of carboxylic acid groups (broad SMARTS) is 1. The zero-order valence-electron chi connectivity index (χ0n) is 18.5. The molecule has 0 spiro atoms. The fourth-order valence-electron chi connectivity index (χ4n) is 3.85. The number of nitrogens with one attached hydrogen (secondary N) is 1. The van der Waals surface area contributed by atoms with Crippen LogP contribution in [0.4, 0.5) is 10.5 Å². The monoisotopic (exact) mass is 433 g/mol. The quantitative estimate of drug-likeness (QED) is 0.734. The number of hydrazine groups is 1. The summed E-state index contributed by atoms with van der Waals surface area (Å²) in [4.78, 5) is 44.9. The van der Waals surface area contributed by atoms with Gasteiger partial charge in [-0.2, -0.15) is 0 Å². The van der Waals surface area contributed by atoms with Crippen LogP contribution in [0.25, 0.3) is 0 Å². The molecule has 2 aliphatic heterocycles. The van der Waals surface area contributed by atoms with Crippen LogP contribution in [0.1, 0.15) is 40.5 Å². The van der Waals surface area contributed by atoms with E-state index in [0.29, 0.717) is 0 Å². The second-order valence-electron chi connectivity index (χ2n) is 9.24. The number of carboxylic acids is 1. The molecule has 10 heteroatoms. The molecule has 1 atom stereocenters. The molecule has 1 aromatic heterocycles. The van der Waals surface area contributed by atoms with Crippen molar-refractivity contribution in [2.45, 2.75) is 57.7 Å². The van der Waals surface area contributed by atoms with Crippen LogP contribution >= 0.6 is 0 Å². The van der Waals surface area contributed by atoms with Crippen LogP contribution in [0.2, 0.25) is 0 Å². The summed E-state index contributed by atoms with van der Waals surface area (Å²) in [5, 5.41) is 11.1. The van der Waals surface area contributed by atoms with Gasteiger partial charge >= 0.3 is 12.1 Å². The number of ether oxygens (including phenoxy) is 1. The number of nitrogens with zero attached hydrogens (tertiary/aromatic N) is 4. The zero-order valence-corrected chi connectivity index (χ0v) is 18.5. The summed E-state index contributed by atoms with van der Waals surface area (Å²) in [6.07, 6.45) is 4.30. The molecule has 1 aromatic rings. The molecule has 10 nitrogen and oxygen atoms in total. The van der Waals surface area contributed by atoms with E-state index in [-0.39, 0.29) is 19.1 Å². The van der Waals surface area contributed by atoms with Crippen molar-refractivity contribution in [2.75, 3.05) is 31.1 Å². The van der Waals surface area contributed by atoms with E-state index in [1.54, 1.807) is 33.2 Å². The number of hydrogen-bond donors (Lipinski definition) is 2. The summed E-state index contributed by atoms with van der Waals surface area (Å²) in [6.45, 7) is 7.77. The fraction of sp³-hybridized carbons (Fsp3) is 0.619. The Balaban J connectivity index is 1.66. The number of hydrogen-bond acceptors (Lipinski definition) is 7. The molecule has 0 aliphatic carbocycles. The van der Waals surface area contributed by atoms with E-state index in [2.05, 4.69) is 15.3 Å². The molecule has 0 bridgehead atoms. The lowest BCUT2D eigenvalue weighted by Gasteiger charge is -2.47. The SMILES string of the molecule is CC(C)(C)OC(=O)N1CC(=O)N(NC2CCN(c3ccncc3)CC2)C(C)(C(=O)O)C1. The number of piperazine rings is 1. The van der Waals surface area contributed by atoms with Crippen molar-refractivity contribution in [3.63, 3.8) is 0 Å². The fourth-order valence-corrected chi connectivity index (χ4v) is 3.85. The highest BCUT2D eigenvalue weighted by Crippen LogP contribution is 2.25. The van der Waals surface area contributed by atoms with Crippen molar-refractivity contribution in [1.29, 1.82) is 0 Å². The Kier molecular flexibility index (Phi) is 6.40. The molecule has 2 aliphatic rings. The second-order valence-corrected chi connectivity index (χ2v) is 9.24. The number of aliphatic carboxylic acids is 1. The lowest BCUT2D eigenvalue weighted by Crippen LogP contribution is -2.72. The average molecular weight is 434 g/mol. The zero-order chi connectivity index (χ0) is 22.8. The first-order valence-corrected chi connectivity index (χ1v) is 10.4. The molecule has 31 heavy (non-hydrogen) atoms. The molecule has 3 rings (SSSR count). The number of rotatable bonds is 4. The first-order chi connectivity index (χ1) is 14.5. The van der Waals surface area contributed by atoms with Crippen molar-refractivity contribution in [3.05, 3.63) is 24.5 Å². The van der Waals surface area contributed by atoms with E-state index in [1.165, 1.54) is 11.9 Å². The molecule has 2 saturated heterocycles. The van der Waals surface area contributed by atoms with Gasteiger partial charge in [0.05, 0.1) is 6.54 Å². The Labute approximate surface area is 182 Å². The lowest BCUT2D eigenvalue weighted by atomic mass is 9.97. The Morgan fingerprint density at radius 3 is 2.39 bits per heavy atom. The summed E-state index contributed by atoms with van der Waals surface area (Å²) in [7, 11) is 0. The second kappa shape index (κ2) is 8.70. The summed E-state index contributed by atoms with van der Waals surface area (Å²) in [5.41, 5.74) is 1.89. The van der Waals surface area contributed by atoms with Gasteiger partial charge in [-0.05, 0) is 52.7 Å². The summed E-state index contributed by atoms with van der Waals surface area (Å²) in [6, 6.07) is 3.86. The summed E-state index contributed by atoms with van der Waals surface area (Å²) in [5.74, 6) is -1.66. The number of pyridine rings is 1. The molecule has 0 aromatic carbocycles. The van der Waals surface area contributed by atoms with Gasteiger partial charge < -0.3 is 14.7 Å². The third-order valence-electron chi connectivity index (χ3n) is 5.51. The molecule has 0 radical (unpaired) electrons. The normalized spacial score (nSPS) is 23.1. The van der Waals surface area contributed by atoms with Gasteiger partial charge in [-0.15, -0.1) is 0 Å². The molecule has 2 N–H and O–H groups in total. The average Bonchev–Trinajstić information content (AvgIpc) is 2.70. The highest BCUT2D eigenvalue weighted by atomic mass is 16.6. The minimum Gasteiger partial charge on any atom is -0.479 e. The van der Waals surface area contributed by atoms with Gasteiger partial charge in [0, 0.05) is 37.2 Å². The maximum atomic E-state index is 12.9. The smallest absolute Gasteiger partial charge is 0.410 e. The highest BCUT2D eigenvalue weighted by molar-refractivity contribution is 5.91. The minimum absolute atomic E-state index is 0.0474. The van der Waals surface area contributed by atoms with Crippen molar-refractivity contribution >= 4 is 23.7 Å². The first-order valence-electron chi connectivity index (χ1n) is 10.4. The van der Waals surface area contributed by atoms with E-state index in [4.69, 9.17) is 4.74 Å².